The highest BCUT2D eigenvalue weighted by atomic mass is 16.4. The molecular formula is C9H17N3O3. The van der Waals surface area contributed by atoms with Crippen molar-refractivity contribution < 1.29 is 14.7 Å². The Morgan fingerprint density at radius 3 is 2.87 bits per heavy atom. The minimum absolute atomic E-state index is 0.0239. The Morgan fingerprint density at radius 1 is 1.53 bits per heavy atom. The van der Waals surface area contributed by atoms with E-state index < -0.39 is 5.97 Å². The molecule has 1 aliphatic rings. The number of hydrogen-bond donors (Lipinski definition) is 3. The van der Waals surface area contributed by atoms with Crippen molar-refractivity contribution in [2.75, 3.05) is 19.6 Å². The molecule has 1 heterocycles. The number of aliphatic carboxylic acids is 1. The van der Waals surface area contributed by atoms with Crippen molar-refractivity contribution in [3.63, 3.8) is 0 Å². The number of nitrogens with zero attached hydrogens (tertiary/aromatic N) is 1. The zero-order valence-corrected chi connectivity index (χ0v) is 8.61. The zero-order chi connectivity index (χ0) is 11.3. The van der Waals surface area contributed by atoms with Gasteiger partial charge in [-0.15, -0.1) is 0 Å². The molecule has 86 valence electrons. The van der Waals surface area contributed by atoms with Crippen LogP contribution in [0.5, 0.6) is 0 Å². The van der Waals surface area contributed by atoms with Gasteiger partial charge in [0.2, 0.25) is 0 Å². The largest absolute Gasteiger partial charge is 0.481 e. The second-order valence-electron chi connectivity index (χ2n) is 3.61. The summed E-state index contributed by atoms with van der Waals surface area (Å²) >= 11 is 0. The Kier molecular flexibility index (Phi) is 4.36. The van der Waals surface area contributed by atoms with Crippen molar-refractivity contribution in [3.05, 3.63) is 0 Å². The van der Waals surface area contributed by atoms with Gasteiger partial charge in [-0.2, -0.15) is 0 Å². The third kappa shape index (κ3) is 3.39. The number of likely N-dealkylation sites (tertiary alicyclic amines) is 1. The van der Waals surface area contributed by atoms with E-state index in [1.165, 1.54) is 0 Å². The van der Waals surface area contributed by atoms with Gasteiger partial charge in [0, 0.05) is 25.7 Å². The van der Waals surface area contributed by atoms with E-state index in [0.29, 0.717) is 19.6 Å². The molecule has 0 aromatic heterocycles. The number of urea groups is 1. The molecule has 1 rings (SSSR count). The molecule has 0 spiro atoms. The van der Waals surface area contributed by atoms with E-state index in [2.05, 4.69) is 5.32 Å². The number of carbonyl (C=O) groups excluding carboxylic acids is 1. The molecule has 0 aromatic rings. The lowest BCUT2D eigenvalue weighted by Gasteiger charge is -2.23. The van der Waals surface area contributed by atoms with Crippen LogP contribution < -0.4 is 11.1 Å². The third-order valence-corrected chi connectivity index (χ3v) is 2.47. The second-order valence-corrected chi connectivity index (χ2v) is 3.61. The maximum atomic E-state index is 11.6. The Hall–Kier alpha value is -1.30. The fourth-order valence-corrected chi connectivity index (χ4v) is 1.80. The molecule has 2 amide bonds. The van der Waals surface area contributed by atoms with Crippen molar-refractivity contribution in [2.45, 2.75) is 25.3 Å². The van der Waals surface area contributed by atoms with Gasteiger partial charge in [-0.3, -0.25) is 4.79 Å². The first-order chi connectivity index (χ1) is 7.15. The molecule has 0 aliphatic carbocycles. The van der Waals surface area contributed by atoms with Gasteiger partial charge < -0.3 is 21.1 Å². The minimum atomic E-state index is -0.862. The molecule has 0 aromatic carbocycles. The molecule has 6 heteroatoms. The summed E-state index contributed by atoms with van der Waals surface area (Å²) < 4.78 is 0. The first-order valence-corrected chi connectivity index (χ1v) is 5.11. The number of rotatable bonds is 4. The maximum Gasteiger partial charge on any atom is 0.317 e. The van der Waals surface area contributed by atoms with Crippen LogP contribution in [0, 0.1) is 0 Å². The molecular weight excluding hydrogens is 198 g/mol. The summed E-state index contributed by atoms with van der Waals surface area (Å²) in [6, 6.07) is -0.371. The lowest BCUT2D eigenvalue weighted by Crippen LogP contribution is -2.44. The lowest BCUT2D eigenvalue weighted by molar-refractivity contribution is -0.137. The molecule has 1 atom stereocenters. The topological polar surface area (TPSA) is 95.7 Å². The fraction of sp³-hybridized carbons (Fsp3) is 0.778. The quantitative estimate of drug-likeness (QED) is 0.594. The molecule has 4 N–H and O–H groups in total. The van der Waals surface area contributed by atoms with Crippen LogP contribution in [0.25, 0.3) is 0 Å². The molecule has 0 radical (unpaired) electrons. The van der Waals surface area contributed by atoms with Crippen LogP contribution in [0.3, 0.4) is 0 Å². The van der Waals surface area contributed by atoms with Gasteiger partial charge in [0.1, 0.15) is 0 Å². The van der Waals surface area contributed by atoms with E-state index in [0.717, 1.165) is 12.8 Å². The molecule has 1 saturated heterocycles. The number of carboxylic acids is 1. The highest BCUT2D eigenvalue weighted by molar-refractivity contribution is 5.76. The first-order valence-electron chi connectivity index (χ1n) is 5.11. The minimum Gasteiger partial charge on any atom is -0.481 e. The van der Waals surface area contributed by atoms with Crippen molar-refractivity contribution >= 4 is 12.0 Å². The summed E-state index contributed by atoms with van der Waals surface area (Å²) in [5.41, 5.74) is 5.26. The smallest absolute Gasteiger partial charge is 0.317 e. The van der Waals surface area contributed by atoms with Crippen molar-refractivity contribution in [1.29, 1.82) is 0 Å². The SMILES string of the molecule is NCCNC(=O)N1CCCC1CC(=O)O. The summed E-state index contributed by atoms with van der Waals surface area (Å²) in [6.45, 7) is 1.45. The van der Waals surface area contributed by atoms with Gasteiger partial charge in [0.25, 0.3) is 0 Å². The summed E-state index contributed by atoms with van der Waals surface area (Å²) in [6.07, 6.45) is 1.66. The lowest BCUT2D eigenvalue weighted by atomic mass is 10.1. The summed E-state index contributed by atoms with van der Waals surface area (Å²) in [7, 11) is 0. The normalized spacial score (nSPS) is 20.3. The fourth-order valence-electron chi connectivity index (χ4n) is 1.80. The molecule has 1 fully saturated rings. The Bertz CT molecular complexity index is 245. The highest BCUT2D eigenvalue weighted by Crippen LogP contribution is 2.19. The van der Waals surface area contributed by atoms with E-state index in [1.54, 1.807) is 4.90 Å². The molecule has 15 heavy (non-hydrogen) atoms. The van der Waals surface area contributed by atoms with E-state index >= 15 is 0 Å². The van der Waals surface area contributed by atoms with E-state index in [-0.39, 0.29) is 18.5 Å². The molecule has 0 bridgehead atoms. The number of hydrogen-bond acceptors (Lipinski definition) is 3. The van der Waals surface area contributed by atoms with Gasteiger partial charge in [-0.1, -0.05) is 0 Å². The summed E-state index contributed by atoms with van der Waals surface area (Å²) in [5.74, 6) is -0.862. The van der Waals surface area contributed by atoms with Crippen LogP contribution >= 0.6 is 0 Å². The molecule has 1 unspecified atom stereocenters. The monoisotopic (exact) mass is 215 g/mol. The Morgan fingerprint density at radius 2 is 2.27 bits per heavy atom. The number of nitrogens with two attached hydrogens (primary N) is 1. The molecule has 1 aliphatic heterocycles. The third-order valence-electron chi connectivity index (χ3n) is 2.47. The van der Waals surface area contributed by atoms with Gasteiger partial charge in [-0.25, -0.2) is 4.79 Å². The van der Waals surface area contributed by atoms with Crippen LogP contribution in [0.15, 0.2) is 0 Å². The second kappa shape index (κ2) is 5.55. The summed E-state index contributed by atoms with van der Waals surface area (Å²) in [4.78, 5) is 23.7. The van der Waals surface area contributed by atoms with Crippen LogP contribution in [0.2, 0.25) is 0 Å². The predicted octanol–water partition coefficient (Wildman–Crippen LogP) is -0.406. The van der Waals surface area contributed by atoms with E-state index in [1.807, 2.05) is 0 Å². The number of carboxylic acid groups (broad SMARTS) is 1. The number of amides is 2. The van der Waals surface area contributed by atoms with Crippen molar-refractivity contribution in [2.24, 2.45) is 5.73 Å². The van der Waals surface area contributed by atoms with E-state index in [9.17, 15) is 9.59 Å². The summed E-state index contributed by atoms with van der Waals surface area (Å²) in [5, 5.41) is 11.3. The van der Waals surface area contributed by atoms with Gasteiger partial charge in [0.15, 0.2) is 0 Å². The van der Waals surface area contributed by atoms with Crippen LogP contribution in [0.4, 0.5) is 4.79 Å². The Balaban J connectivity index is 2.44. The zero-order valence-electron chi connectivity index (χ0n) is 8.61. The highest BCUT2D eigenvalue weighted by Gasteiger charge is 2.29. The average molecular weight is 215 g/mol. The first kappa shape index (κ1) is 11.8. The van der Waals surface area contributed by atoms with Gasteiger partial charge in [-0.05, 0) is 12.8 Å². The van der Waals surface area contributed by atoms with E-state index in [4.69, 9.17) is 10.8 Å². The molecule has 0 saturated carbocycles. The predicted molar refractivity (Wildman–Crippen MR) is 54.4 cm³/mol. The standard InChI is InChI=1S/C9H17N3O3/c10-3-4-11-9(15)12-5-1-2-7(12)6-8(13)14/h7H,1-6,10H2,(H,11,15)(H,13,14). The Labute approximate surface area is 88.4 Å². The van der Waals surface area contributed by atoms with Gasteiger partial charge >= 0.3 is 12.0 Å². The maximum absolute atomic E-state index is 11.6. The average Bonchev–Trinajstić information content (AvgIpc) is 2.61. The number of nitrogens with one attached hydrogen (secondary N) is 1. The molecule has 6 nitrogen and oxygen atoms in total. The van der Waals surface area contributed by atoms with Crippen LogP contribution in [0.1, 0.15) is 19.3 Å². The van der Waals surface area contributed by atoms with Crippen LogP contribution in [-0.2, 0) is 4.79 Å². The van der Waals surface area contributed by atoms with Crippen LogP contribution in [-0.4, -0.2) is 47.7 Å². The van der Waals surface area contributed by atoms with Crippen molar-refractivity contribution in [3.8, 4) is 0 Å². The van der Waals surface area contributed by atoms with Gasteiger partial charge in [0.05, 0.1) is 6.42 Å². The number of carbonyl (C=O) groups is 2. The van der Waals surface area contributed by atoms with Crippen molar-refractivity contribution in [1.82, 2.24) is 10.2 Å².